The minimum atomic E-state index is -0.0629. The molecule has 3 heterocycles. The van der Waals surface area contributed by atoms with E-state index in [1.807, 2.05) is 21.8 Å². The molecular formula is C16H21ClN4O2. The second kappa shape index (κ2) is 7.17. The molecule has 0 unspecified atom stereocenters. The summed E-state index contributed by atoms with van der Waals surface area (Å²) in [5.41, 5.74) is 0. The van der Waals surface area contributed by atoms with Gasteiger partial charge in [-0.2, -0.15) is 5.10 Å². The third-order valence-electron chi connectivity index (χ3n) is 4.57. The fraction of sp³-hybridized carbons (Fsp3) is 0.562. The van der Waals surface area contributed by atoms with Crippen molar-refractivity contribution in [3.05, 3.63) is 30.6 Å². The van der Waals surface area contributed by atoms with Gasteiger partial charge in [0.05, 0.1) is 12.0 Å². The number of hydrogen-bond acceptors (Lipinski definition) is 3. The van der Waals surface area contributed by atoms with Crippen LogP contribution in [0.2, 0.25) is 0 Å². The maximum atomic E-state index is 12.5. The zero-order chi connectivity index (χ0) is 16.2. The molecule has 0 radical (unpaired) electrons. The van der Waals surface area contributed by atoms with E-state index < -0.39 is 0 Å². The second-order valence-electron chi connectivity index (χ2n) is 6.04. The number of piperidine rings is 1. The van der Waals surface area contributed by atoms with Crippen molar-refractivity contribution in [2.45, 2.75) is 18.9 Å². The molecular weight excluding hydrogens is 316 g/mol. The minimum Gasteiger partial charge on any atom is -0.342 e. The van der Waals surface area contributed by atoms with Crippen molar-refractivity contribution in [3.8, 4) is 0 Å². The van der Waals surface area contributed by atoms with Crippen molar-refractivity contribution >= 4 is 23.4 Å². The Hall–Kier alpha value is -1.82. The van der Waals surface area contributed by atoms with E-state index in [2.05, 4.69) is 5.10 Å². The normalized spacial score (nSPS) is 20.0. The fourth-order valence-corrected chi connectivity index (χ4v) is 3.26. The third-order valence-corrected chi connectivity index (χ3v) is 4.75. The lowest BCUT2D eigenvalue weighted by Gasteiger charge is -2.41. The summed E-state index contributed by atoms with van der Waals surface area (Å²) < 4.78 is 1.98. The summed E-state index contributed by atoms with van der Waals surface area (Å²) in [6.45, 7) is 2.56. The van der Waals surface area contributed by atoms with Crippen LogP contribution in [0.5, 0.6) is 0 Å². The first-order valence-electron chi connectivity index (χ1n) is 7.98. The van der Waals surface area contributed by atoms with Crippen molar-refractivity contribution in [2.75, 3.05) is 32.1 Å². The largest absolute Gasteiger partial charge is 0.342 e. The molecule has 0 spiro atoms. The van der Waals surface area contributed by atoms with Gasteiger partial charge in [0.25, 0.3) is 0 Å². The zero-order valence-electron chi connectivity index (χ0n) is 13.0. The molecule has 0 atom stereocenters. The molecule has 1 aromatic heterocycles. The van der Waals surface area contributed by atoms with Gasteiger partial charge in [-0.05, 0) is 18.9 Å². The maximum Gasteiger partial charge on any atom is 0.246 e. The van der Waals surface area contributed by atoms with Crippen LogP contribution in [0.15, 0.2) is 30.6 Å². The summed E-state index contributed by atoms with van der Waals surface area (Å²) in [5, 5.41) is 4.28. The summed E-state index contributed by atoms with van der Waals surface area (Å²) in [7, 11) is 0. The molecule has 0 saturated carbocycles. The average molecular weight is 337 g/mol. The summed E-state index contributed by atoms with van der Waals surface area (Å²) >= 11 is 5.52. The van der Waals surface area contributed by atoms with Crippen molar-refractivity contribution in [1.82, 2.24) is 19.6 Å². The van der Waals surface area contributed by atoms with Crippen molar-refractivity contribution < 1.29 is 9.59 Å². The Morgan fingerprint density at radius 2 is 1.96 bits per heavy atom. The number of likely N-dealkylation sites (tertiary alicyclic amines) is 2. The standard InChI is InChI=1S/C16H21ClN4O2/c17-6-1-3-15(22)20-11-13(12-20)16(23)19-9-4-14(5-10-19)21-8-2-7-18-21/h1-3,7-8,13-14H,4-6,9-12H2. The van der Waals surface area contributed by atoms with Gasteiger partial charge in [0.2, 0.25) is 11.8 Å². The Labute approximate surface area is 140 Å². The summed E-state index contributed by atoms with van der Waals surface area (Å²) in [4.78, 5) is 27.8. The molecule has 0 aliphatic carbocycles. The van der Waals surface area contributed by atoms with Crippen LogP contribution in [0.3, 0.4) is 0 Å². The Kier molecular flexibility index (Phi) is 5.00. The molecule has 2 amide bonds. The predicted octanol–water partition coefficient (Wildman–Crippen LogP) is 1.30. The van der Waals surface area contributed by atoms with Crippen molar-refractivity contribution in [3.63, 3.8) is 0 Å². The minimum absolute atomic E-state index is 0.0513. The first kappa shape index (κ1) is 16.1. The van der Waals surface area contributed by atoms with Crippen molar-refractivity contribution in [1.29, 1.82) is 0 Å². The molecule has 6 nitrogen and oxygen atoms in total. The highest BCUT2D eigenvalue weighted by Crippen LogP contribution is 2.25. The van der Waals surface area contributed by atoms with Gasteiger partial charge in [-0.25, -0.2) is 0 Å². The van der Waals surface area contributed by atoms with Crippen molar-refractivity contribution in [2.24, 2.45) is 5.92 Å². The lowest BCUT2D eigenvalue weighted by Crippen LogP contribution is -2.57. The average Bonchev–Trinajstić information content (AvgIpc) is 3.06. The van der Waals surface area contributed by atoms with Gasteiger partial charge in [0, 0.05) is 50.5 Å². The number of hydrogen-bond donors (Lipinski definition) is 0. The van der Waals surface area contributed by atoms with E-state index in [0.717, 1.165) is 25.9 Å². The third kappa shape index (κ3) is 3.58. The summed E-state index contributed by atoms with van der Waals surface area (Å²) in [6, 6.07) is 2.31. The molecule has 1 aromatic rings. The molecule has 124 valence electrons. The van der Waals surface area contributed by atoms with Gasteiger partial charge in [-0.3, -0.25) is 14.3 Å². The molecule has 23 heavy (non-hydrogen) atoms. The molecule has 2 aliphatic rings. The number of rotatable bonds is 4. The molecule has 2 fully saturated rings. The number of allylic oxidation sites excluding steroid dienone is 1. The van der Waals surface area contributed by atoms with Gasteiger partial charge >= 0.3 is 0 Å². The molecule has 2 aliphatic heterocycles. The highest BCUT2D eigenvalue weighted by atomic mass is 35.5. The zero-order valence-corrected chi connectivity index (χ0v) is 13.7. The molecule has 3 rings (SSSR count). The number of carbonyl (C=O) groups is 2. The van der Waals surface area contributed by atoms with E-state index in [-0.39, 0.29) is 17.7 Å². The van der Waals surface area contributed by atoms with Crippen LogP contribution < -0.4 is 0 Å². The highest BCUT2D eigenvalue weighted by Gasteiger charge is 2.38. The Balaban J connectivity index is 1.44. The quantitative estimate of drug-likeness (QED) is 0.615. The van der Waals surface area contributed by atoms with E-state index in [0.29, 0.717) is 25.0 Å². The first-order chi connectivity index (χ1) is 11.2. The van der Waals surface area contributed by atoms with Gasteiger partial charge in [-0.15, -0.1) is 11.6 Å². The molecule has 0 bridgehead atoms. The van der Waals surface area contributed by atoms with Crippen LogP contribution in [-0.4, -0.2) is 63.5 Å². The number of amides is 2. The summed E-state index contributed by atoms with van der Waals surface area (Å²) in [5.74, 6) is 0.388. The molecule has 2 saturated heterocycles. The fourth-order valence-electron chi connectivity index (χ4n) is 3.17. The van der Waals surface area contributed by atoms with Crippen LogP contribution in [0.25, 0.3) is 0 Å². The van der Waals surface area contributed by atoms with Crippen LogP contribution in [0.4, 0.5) is 0 Å². The van der Waals surface area contributed by atoms with Gasteiger partial charge in [-0.1, -0.05) is 6.08 Å². The number of carbonyl (C=O) groups excluding carboxylic acids is 2. The van der Waals surface area contributed by atoms with Crippen LogP contribution in [-0.2, 0) is 9.59 Å². The van der Waals surface area contributed by atoms with E-state index in [9.17, 15) is 9.59 Å². The number of aromatic nitrogens is 2. The van der Waals surface area contributed by atoms with Gasteiger partial charge in [0.1, 0.15) is 0 Å². The van der Waals surface area contributed by atoms with Gasteiger partial charge in [0.15, 0.2) is 0 Å². The van der Waals surface area contributed by atoms with E-state index >= 15 is 0 Å². The van der Waals surface area contributed by atoms with E-state index in [1.54, 1.807) is 17.2 Å². The van der Waals surface area contributed by atoms with Crippen LogP contribution >= 0.6 is 11.6 Å². The monoisotopic (exact) mass is 336 g/mol. The van der Waals surface area contributed by atoms with Crippen LogP contribution in [0.1, 0.15) is 18.9 Å². The van der Waals surface area contributed by atoms with E-state index in [1.165, 1.54) is 6.08 Å². The predicted molar refractivity (Wildman–Crippen MR) is 87.0 cm³/mol. The van der Waals surface area contributed by atoms with Crippen LogP contribution in [0, 0.1) is 5.92 Å². The van der Waals surface area contributed by atoms with Gasteiger partial charge < -0.3 is 9.80 Å². The SMILES string of the molecule is O=C(C=CCCl)N1CC(C(=O)N2CCC(n3cccn3)CC2)C1. The first-order valence-corrected chi connectivity index (χ1v) is 8.52. The molecule has 0 aromatic carbocycles. The smallest absolute Gasteiger partial charge is 0.246 e. The highest BCUT2D eigenvalue weighted by molar-refractivity contribution is 6.19. The Bertz CT molecular complexity index is 573. The Morgan fingerprint density at radius 3 is 2.57 bits per heavy atom. The molecule has 0 N–H and O–H groups in total. The lowest BCUT2D eigenvalue weighted by atomic mass is 9.96. The topological polar surface area (TPSA) is 58.4 Å². The lowest BCUT2D eigenvalue weighted by molar-refractivity contribution is -0.147. The second-order valence-corrected chi connectivity index (χ2v) is 6.35. The number of nitrogens with zero attached hydrogens (tertiary/aromatic N) is 4. The summed E-state index contributed by atoms with van der Waals surface area (Å²) in [6.07, 6.45) is 8.73. The Morgan fingerprint density at radius 1 is 1.22 bits per heavy atom. The number of alkyl halides is 1. The molecule has 7 heteroatoms. The maximum absolute atomic E-state index is 12.5. The van der Waals surface area contributed by atoms with E-state index in [4.69, 9.17) is 11.6 Å². The number of halogens is 1.